The van der Waals surface area contributed by atoms with Crippen molar-refractivity contribution in [1.29, 1.82) is 0 Å². The van der Waals surface area contributed by atoms with Crippen molar-refractivity contribution in [3.05, 3.63) is 89.5 Å². The number of benzene rings is 3. The maximum Gasteiger partial charge on any atom is 0.295 e. The Bertz CT molecular complexity index is 1450. The average Bonchev–Trinajstić information content (AvgIpc) is 3.27. The Morgan fingerprint density at radius 1 is 0.829 bits per heavy atom. The minimum absolute atomic E-state index is 0.0370. The molecule has 0 aliphatic carbocycles. The minimum Gasteiger partial charge on any atom is -0.507 e. The molecule has 0 aromatic heterocycles. The summed E-state index contributed by atoms with van der Waals surface area (Å²) in [4.78, 5) is 30.8. The molecule has 3 aliphatic rings. The SMILES string of the molecule is O=C1C(=O)N(CCCN2CCOCC2)[C@@H](c2cccc(Oc3ccccc3)c2)C1=C(O)c1ccc2c(c1)OCCO2. The standard InChI is InChI=1S/C32H32N2O7/c35-30(23-10-11-26-27(21-23)40-19-18-39-26)28-29(22-6-4-9-25(20-22)41-24-7-2-1-3-8-24)34(32(37)31(28)36)13-5-12-33-14-16-38-17-15-33/h1-4,6-11,20-21,29,35H,5,12-19H2/t29-/m0/s1. The lowest BCUT2D eigenvalue weighted by atomic mass is 9.95. The highest BCUT2D eigenvalue weighted by Gasteiger charge is 2.46. The first-order valence-electron chi connectivity index (χ1n) is 13.9. The van der Waals surface area contributed by atoms with Gasteiger partial charge >= 0.3 is 0 Å². The fraction of sp³-hybridized carbons (Fsp3) is 0.312. The van der Waals surface area contributed by atoms with Crippen LogP contribution in [0.3, 0.4) is 0 Å². The number of fused-ring (bicyclic) bond motifs is 1. The number of amides is 1. The lowest BCUT2D eigenvalue weighted by molar-refractivity contribution is -0.140. The minimum atomic E-state index is -0.785. The first kappa shape index (κ1) is 26.9. The van der Waals surface area contributed by atoms with Crippen LogP contribution in [0.15, 0.2) is 78.4 Å². The van der Waals surface area contributed by atoms with Gasteiger partial charge in [-0.1, -0.05) is 30.3 Å². The summed E-state index contributed by atoms with van der Waals surface area (Å²) < 4.78 is 22.8. The van der Waals surface area contributed by atoms with E-state index in [1.165, 1.54) is 0 Å². The van der Waals surface area contributed by atoms with Crippen molar-refractivity contribution in [2.24, 2.45) is 0 Å². The maximum absolute atomic E-state index is 13.5. The number of ketones is 1. The third kappa shape index (κ3) is 5.77. The third-order valence-electron chi connectivity index (χ3n) is 7.49. The van der Waals surface area contributed by atoms with Gasteiger partial charge < -0.3 is 29.0 Å². The fourth-order valence-electron chi connectivity index (χ4n) is 5.47. The Hall–Kier alpha value is -4.34. The Balaban J connectivity index is 1.35. The van der Waals surface area contributed by atoms with Crippen molar-refractivity contribution < 1.29 is 33.6 Å². The zero-order chi connectivity index (χ0) is 28.2. The molecule has 2 saturated heterocycles. The summed E-state index contributed by atoms with van der Waals surface area (Å²) in [7, 11) is 0. The van der Waals surface area contributed by atoms with Crippen LogP contribution < -0.4 is 14.2 Å². The molecule has 0 radical (unpaired) electrons. The summed E-state index contributed by atoms with van der Waals surface area (Å²) in [5.74, 6) is 0.671. The highest BCUT2D eigenvalue weighted by molar-refractivity contribution is 6.46. The number of para-hydroxylation sites is 1. The molecular weight excluding hydrogens is 524 g/mol. The topological polar surface area (TPSA) is 97.8 Å². The van der Waals surface area contributed by atoms with Crippen LogP contribution in [0.4, 0.5) is 0 Å². The maximum atomic E-state index is 13.5. The van der Waals surface area contributed by atoms with E-state index < -0.39 is 17.7 Å². The van der Waals surface area contributed by atoms with Gasteiger partial charge in [0.05, 0.1) is 24.8 Å². The summed E-state index contributed by atoms with van der Waals surface area (Å²) in [5, 5.41) is 11.5. The van der Waals surface area contributed by atoms with Crippen LogP contribution in [-0.2, 0) is 14.3 Å². The van der Waals surface area contributed by atoms with Gasteiger partial charge in [0.25, 0.3) is 11.7 Å². The molecule has 212 valence electrons. The van der Waals surface area contributed by atoms with E-state index in [-0.39, 0.29) is 11.3 Å². The van der Waals surface area contributed by atoms with E-state index in [2.05, 4.69) is 4.90 Å². The number of nitrogens with zero attached hydrogens (tertiary/aromatic N) is 2. The van der Waals surface area contributed by atoms with E-state index in [1.54, 1.807) is 23.1 Å². The van der Waals surface area contributed by atoms with Gasteiger partial charge in [0.15, 0.2) is 11.5 Å². The summed E-state index contributed by atoms with van der Waals surface area (Å²) in [5.41, 5.74) is 1.08. The molecule has 2 fully saturated rings. The number of aliphatic hydroxyl groups is 1. The zero-order valence-electron chi connectivity index (χ0n) is 22.7. The molecule has 1 atom stereocenters. The summed E-state index contributed by atoms with van der Waals surface area (Å²) >= 11 is 0. The Morgan fingerprint density at radius 2 is 1.59 bits per heavy atom. The molecule has 0 saturated carbocycles. The number of hydrogen-bond donors (Lipinski definition) is 1. The van der Waals surface area contributed by atoms with Gasteiger partial charge in [-0.05, 0) is 54.4 Å². The van der Waals surface area contributed by atoms with E-state index in [4.69, 9.17) is 18.9 Å². The Morgan fingerprint density at radius 3 is 2.39 bits per heavy atom. The quantitative estimate of drug-likeness (QED) is 0.248. The van der Waals surface area contributed by atoms with E-state index >= 15 is 0 Å². The average molecular weight is 557 g/mol. The molecule has 3 aromatic carbocycles. The van der Waals surface area contributed by atoms with E-state index in [1.807, 2.05) is 54.6 Å². The normalized spacial score (nSPS) is 20.3. The van der Waals surface area contributed by atoms with E-state index in [9.17, 15) is 14.7 Å². The van der Waals surface area contributed by atoms with E-state index in [0.29, 0.717) is 73.5 Å². The number of morpholine rings is 1. The molecule has 0 bridgehead atoms. The van der Waals surface area contributed by atoms with Crippen molar-refractivity contribution in [2.75, 3.05) is 52.6 Å². The molecule has 0 unspecified atom stereocenters. The van der Waals surface area contributed by atoms with Crippen molar-refractivity contribution in [2.45, 2.75) is 12.5 Å². The number of hydrogen-bond acceptors (Lipinski definition) is 8. The molecule has 1 N–H and O–H groups in total. The van der Waals surface area contributed by atoms with Crippen LogP contribution >= 0.6 is 0 Å². The van der Waals surface area contributed by atoms with Crippen LogP contribution in [0.25, 0.3) is 5.76 Å². The number of aliphatic hydroxyl groups excluding tert-OH is 1. The number of ether oxygens (including phenoxy) is 4. The molecule has 9 nitrogen and oxygen atoms in total. The van der Waals surface area contributed by atoms with Gasteiger partial charge in [0, 0.05) is 31.7 Å². The number of likely N-dealkylation sites (tertiary alicyclic amines) is 1. The third-order valence-corrected chi connectivity index (χ3v) is 7.49. The molecule has 6 rings (SSSR count). The predicted molar refractivity (Wildman–Crippen MR) is 151 cm³/mol. The predicted octanol–water partition coefficient (Wildman–Crippen LogP) is 4.39. The zero-order valence-corrected chi connectivity index (χ0v) is 22.7. The van der Waals surface area contributed by atoms with Gasteiger partial charge in [-0.2, -0.15) is 0 Å². The molecule has 3 aliphatic heterocycles. The van der Waals surface area contributed by atoms with Gasteiger partial charge in [0.2, 0.25) is 0 Å². The van der Waals surface area contributed by atoms with Crippen LogP contribution in [0, 0.1) is 0 Å². The van der Waals surface area contributed by atoms with Crippen LogP contribution in [0.5, 0.6) is 23.0 Å². The largest absolute Gasteiger partial charge is 0.507 e. The molecule has 1 amide bonds. The molecule has 3 heterocycles. The first-order valence-corrected chi connectivity index (χ1v) is 13.9. The number of Topliss-reactive ketones (excluding diaryl/α,β-unsaturated/α-hetero) is 1. The second kappa shape index (κ2) is 12.0. The lowest BCUT2D eigenvalue weighted by Crippen LogP contribution is -2.38. The second-order valence-corrected chi connectivity index (χ2v) is 10.1. The van der Waals surface area contributed by atoms with Gasteiger partial charge in [-0.3, -0.25) is 14.5 Å². The lowest BCUT2D eigenvalue weighted by Gasteiger charge is -2.29. The van der Waals surface area contributed by atoms with Crippen molar-refractivity contribution in [1.82, 2.24) is 9.80 Å². The summed E-state index contributed by atoms with van der Waals surface area (Å²) in [6, 6.07) is 20.9. The highest BCUT2D eigenvalue weighted by atomic mass is 16.6. The molecule has 3 aromatic rings. The second-order valence-electron chi connectivity index (χ2n) is 10.1. The number of carbonyl (C=O) groups is 2. The molecular formula is C32H32N2O7. The van der Waals surface area contributed by atoms with Crippen molar-refractivity contribution in [3.63, 3.8) is 0 Å². The smallest absolute Gasteiger partial charge is 0.295 e. The van der Waals surface area contributed by atoms with Crippen LogP contribution in [-0.4, -0.2) is 79.2 Å². The molecule has 0 spiro atoms. The van der Waals surface area contributed by atoms with Crippen molar-refractivity contribution >= 4 is 17.4 Å². The summed E-state index contributed by atoms with van der Waals surface area (Å²) in [6.45, 7) is 5.01. The van der Waals surface area contributed by atoms with Gasteiger partial charge in [-0.25, -0.2) is 0 Å². The fourth-order valence-corrected chi connectivity index (χ4v) is 5.47. The Kier molecular flexibility index (Phi) is 7.89. The van der Waals surface area contributed by atoms with Crippen molar-refractivity contribution in [3.8, 4) is 23.0 Å². The van der Waals surface area contributed by atoms with Gasteiger partial charge in [-0.15, -0.1) is 0 Å². The first-order chi connectivity index (χ1) is 20.1. The summed E-state index contributed by atoms with van der Waals surface area (Å²) in [6.07, 6.45) is 0.674. The number of rotatable bonds is 8. The molecule has 41 heavy (non-hydrogen) atoms. The Labute approximate surface area is 238 Å². The number of carbonyl (C=O) groups excluding carboxylic acids is 2. The van der Waals surface area contributed by atoms with Crippen LogP contribution in [0.1, 0.15) is 23.6 Å². The monoisotopic (exact) mass is 556 g/mol. The van der Waals surface area contributed by atoms with Crippen LogP contribution in [0.2, 0.25) is 0 Å². The van der Waals surface area contributed by atoms with E-state index in [0.717, 1.165) is 19.6 Å². The molecule has 9 heteroatoms. The van der Waals surface area contributed by atoms with Gasteiger partial charge in [0.1, 0.15) is 30.5 Å². The highest BCUT2D eigenvalue weighted by Crippen LogP contribution is 2.42.